The zero-order valence-corrected chi connectivity index (χ0v) is 14.3. The van der Waals surface area contributed by atoms with Gasteiger partial charge in [-0.15, -0.1) is 0 Å². The van der Waals surface area contributed by atoms with Crippen LogP contribution in [0.5, 0.6) is 0 Å². The Labute approximate surface area is 151 Å². The number of nitrogens with two attached hydrogens (primary N) is 1. The van der Waals surface area contributed by atoms with Gasteiger partial charge in [0, 0.05) is 31.0 Å². The van der Waals surface area contributed by atoms with Gasteiger partial charge in [0.05, 0.1) is 0 Å². The summed E-state index contributed by atoms with van der Waals surface area (Å²) in [5, 5.41) is 14.0. The second kappa shape index (κ2) is 7.13. The average Bonchev–Trinajstić information content (AvgIpc) is 3.02. The highest BCUT2D eigenvalue weighted by Gasteiger charge is 2.53. The van der Waals surface area contributed by atoms with Crippen molar-refractivity contribution in [1.82, 2.24) is 0 Å². The molecule has 2 aromatic carbocycles. The van der Waals surface area contributed by atoms with Gasteiger partial charge in [-0.1, -0.05) is 42.5 Å². The van der Waals surface area contributed by atoms with E-state index in [4.69, 9.17) is 5.73 Å². The molecular weight excluding hydrogens is 338 g/mol. The molecule has 0 spiro atoms. The van der Waals surface area contributed by atoms with Gasteiger partial charge in [-0.3, -0.25) is 4.79 Å². The number of rotatable bonds is 5. The molecule has 0 saturated heterocycles. The van der Waals surface area contributed by atoms with Crippen LogP contribution in [0.3, 0.4) is 0 Å². The number of halogens is 2. The van der Waals surface area contributed by atoms with E-state index in [1.54, 1.807) is 48.5 Å². The lowest BCUT2D eigenvalue weighted by Gasteiger charge is -2.33. The van der Waals surface area contributed by atoms with E-state index in [0.717, 1.165) is 5.56 Å². The number of alkyl halides is 2. The first-order valence-corrected chi connectivity index (χ1v) is 8.61. The molecule has 3 rings (SSSR count). The lowest BCUT2D eigenvalue weighted by Crippen LogP contribution is -2.46. The van der Waals surface area contributed by atoms with Gasteiger partial charge in [-0.2, -0.15) is 0 Å². The second-order valence-electron chi connectivity index (χ2n) is 6.79. The monoisotopic (exact) mass is 360 g/mol. The molecule has 1 saturated carbocycles. The Hall–Kier alpha value is -2.31. The summed E-state index contributed by atoms with van der Waals surface area (Å²) in [4.78, 5) is 13.0. The molecular formula is C20H22F2N2O2. The fourth-order valence-electron chi connectivity index (χ4n) is 3.55. The molecule has 0 aliphatic heterocycles. The summed E-state index contributed by atoms with van der Waals surface area (Å²) in [6, 6.07) is 15.2. The van der Waals surface area contributed by atoms with Crippen molar-refractivity contribution in [3.05, 3.63) is 65.7 Å². The van der Waals surface area contributed by atoms with Crippen molar-refractivity contribution in [3.8, 4) is 0 Å². The summed E-state index contributed by atoms with van der Waals surface area (Å²) >= 11 is 0. The summed E-state index contributed by atoms with van der Waals surface area (Å²) in [6.07, 6.45) is -0.772. The van der Waals surface area contributed by atoms with Gasteiger partial charge in [0.25, 0.3) is 5.91 Å². The van der Waals surface area contributed by atoms with E-state index in [1.165, 1.54) is 0 Å². The van der Waals surface area contributed by atoms with Gasteiger partial charge in [0.1, 0.15) is 0 Å². The second-order valence-corrected chi connectivity index (χ2v) is 6.79. The summed E-state index contributed by atoms with van der Waals surface area (Å²) in [6.45, 7) is 0.307. The van der Waals surface area contributed by atoms with E-state index in [9.17, 15) is 18.7 Å². The fraction of sp³-hybridized carbons (Fsp3) is 0.350. The fourth-order valence-corrected chi connectivity index (χ4v) is 3.55. The zero-order valence-electron chi connectivity index (χ0n) is 14.3. The minimum Gasteiger partial charge on any atom is -0.375 e. The molecule has 2 aromatic rings. The van der Waals surface area contributed by atoms with E-state index in [-0.39, 0.29) is 12.8 Å². The first-order chi connectivity index (χ1) is 12.3. The molecule has 138 valence electrons. The van der Waals surface area contributed by atoms with E-state index >= 15 is 0 Å². The lowest BCUT2D eigenvalue weighted by atomic mass is 9.79. The number of amides is 1. The Morgan fingerprint density at radius 2 is 1.96 bits per heavy atom. The van der Waals surface area contributed by atoms with Gasteiger partial charge >= 0.3 is 0 Å². The average molecular weight is 360 g/mol. The molecule has 1 aliphatic carbocycles. The van der Waals surface area contributed by atoms with Crippen LogP contribution < -0.4 is 11.1 Å². The summed E-state index contributed by atoms with van der Waals surface area (Å²) in [5.41, 5.74) is 5.18. The number of carbonyl (C=O) groups excluding carboxylic acids is 1. The third-order valence-electron chi connectivity index (χ3n) is 4.98. The van der Waals surface area contributed by atoms with Crippen molar-refractivity contribution in [2.24, 2.45) is 11.7 Å². The van der Waals surface area contributed by atoms with Crippen LogP contribution in [0, 0.1) is 5.92 Å². The smallest absolute Gasteiger partial charge is 0.261 e. The minimum atomic E-state index is -2.87. The molecule has 4 N–H and O–H groups in total. The highest BCUT2D eigenvalue weighted by Crippen LogP contribution is 2.47. The Balaban J connectivity index is 1.94. The number of carbonyl (C=O) groups is 1. The van der Waals surface area contributed by atoms with Crippen LogP contribution in [0.1, 0.15) is 30.4 Å². The predicted molar refractivity (Wildman–Crippen MR) is 95.6 cm³/mol. The molecule has 0 heterocycles. The van der Waals surface area contributed by atoms with Crippen molar-refractivity contribution < 1.29 is 18.7 Å². The van der Waals surface area contributed by atoms with Gasteiger partial charge in [-0.05, 0) is 29.7 Å². The van der Waals surface area contributed by atoms with Crippen molar-refractivity contribution in [2.75, 3.05) is 5.32 Å². The number of hydrogen-bond acceptors (Lipinski definition) is 3. The largest absolute Gasteiger partial charge is 0.375 e. The molecule has 1 fully saturated rings. The van der Waals surface area contributed by atoms with Crippen LogP contribution in [-0.4, -0.2) is 16.9 Å². The van der Waals surface area contributed by atoms with E-state index in [1.807, 2.05) is 6.07 Å². The molecule has 0 unspecified atom stereocenters. The maximum atomic E-state index is 13.8. The molecule has 0 aromatic heterocycles. The van der Waals surface area contributed by atoms with Gasteiger partial charge < -0.3 is 16.2 Å². The van der Waals surface area contributed by atoms with Crippen molar-refractivity contribution >= 4 is 11.6 Å². The molecule has 26 heavy (non-hydrogen) atoms. The van der Waals surface area contributed by atoms with Crippen molar-refractivity contribution in [3.63, 3.8) is 0 Å². The molecule has 1 aliphatic rings. The van der Waals surface area contributed by atoms with E-state index in [2.05, 4.69) is 5.32 Å². The highest BCUT2D eigenvalue weighted by molar-refractivity contribution is 5.98. The Morgan fingerprint density at radius 1 is 1.23 bits per heavy atom. The Morgan fingerprint density at radius 3 is 2.58 bits per heavy atom. The topological polar surface area (TPSA) is 75.3 Å². The zero-order chi connectivity index (χ0) is 18.8. The Bertz CT molecular complexity index is 782. The third-order valence-corrected chi connectivity index (χ3v) is 4.98. The molecule has 6 heteroatoms. The molecule has 1 amide bonds. The van der Waals surface area contributed by atoms with Crippen LogP contribution in [0.15, 0.2) is 54.6 Å². The predicted octanol–water partition coefficient (Wildman–Crippen LogP) is 3.41. The van der Waals surface area contributed by atoms with E-state index < -0.39 is 29.8 Å². The maximum absolute atomic E-state index is 13.8. The van der Waals surface area contributed by atoms with Gasteiger partial charge in [0.15, 0.2) is 5.60 Å². The number of anilines is 1. The highest BCUT2D eigenvalue weighted by atomic mass is 19.3. The Kier molecular flexibility index (Phi) is 5.07. The minimum absolute atomic E-state index is 0.0780. The van der Waals surface area contributed by atoms with Crippen molar-refractivity contribution in [1.29, 1.82) is 0 Å². The van der Waals surface area contributed by atoms with Crippen LogP contribution in [0.25, 0.3) is 0 Å². The summed E-state index contributed by atoms with van der Waals surface area (Å²) < 4.78 is 27.5. The van der Waals surface area contributed by atoms with Gasteiger partial charge in [-0.25, -0.2) is 8.78 Å². The standard InChI is InChI=1S/C20H22F2N2O2/c21-19(22)10-9-16(12-19)20(26,15-6-2-1-3-7-15)18(25)24-17-8-4-5-14(11-17)13-23/h1-8,11,16,26H,9-10,12-13,23H2,(H,24,25)/t16-,20+/m1/s1. The number of hydrogen-bond donors (Lipinski definition) is 3. The normalized spacial score (nSPS) is 21.2. The SMILES string of the molecule is NCc1cccc(NC(=O)[C@](O)(c2ccccc2)[C@@H]2CCC(F)(F)C2)c1. The van der Waals surface area contributed by atoms with E-state index in [0.29, 0.717) is 17.8 Å². The number of aliphatic hydroxyl groups is 1. The van der Waals surface area contributed by atoms with Crippen LogP contribution in [0.4, 0.5) is 14.5 Å². The van der Waals surface area contributed by atoms with Crippen molar-refractivity contribution in [2.45, 2.75) is 37.3 Å². The van der Waals surface area contributed by atoms with Gasteiger partial charge in [0.2, 0.25) is 5.92 Å². The lowest BCUT2D eigenvalue weighted by molar-refractivity contribution is -0.142. The maximum Gasteiger partial charge on any atom is 0.261 e. The first-order valence-electron chi connectivity index (χ1n) is 8.61. The van der Waals surface area contributed by atoms with Crippen LogP contribution in [0.2, 0.25) is 0 Å². The van der Waals surface area contributed by atoms with Crippen LogP contribution in [-0.2, 0) is 16.9 Å². The van der Waals surface area contributed by atoms with Crippen LogP contribution >= 0.6 is 0 Å². The quantitative estimate of drug-likeness (QED) is 0.765. The first kappa shape index (κ1) is 18.5. The molecule has 4 nitrogen and oxygen atoms in total. The molecule has 0 bridgehead atoms. The molecule has 0 radical (unpaired) electrons. The molecule has 2 atom stereocenters. The summed E-state index contributed by atoms with van der Waals surface area (Å²) in [7, 11) is 0. The third kappa shape index (κ3) is 3.61. The number of benzene rings is 2. The summed E-state index contributed by atoms with van der Waals surface area (Å²) in [5.74, 6) is -4.44. The number of nitrogens with one attached hydrogen (secondary N) is 1.